The Morgan fingerprint density at radius 1 is 1.40 bits per heavy atom. The van der Waals surface area contributed by atoms with E-state index >= 15 is 0 Å². The minimum atomic E-state index is -4.50. The second-order valence-electron chi connectivity index (χ2n) is 4.24. The molecule has 0 aliphatic carbocycles. The van der Waals surface area contributed by atoms with Crippen LogP contribution in [0.2, 0.25) is 0 Å². The van der Waals surface area contributed by atoms with Gasteiger partial charge in [0.05, 0.1) is 0 Å². The Balaban J connectivity index is 2.56. The Kier molecular flexibility index (Phi) is 4.00. The molecule has 90 valence electrons. The van der Waals surface area contributed by atoms with Gasteiger partial charge in [-0.05, 0) is 26.2 Å². The van der Waals surface area contributed by atoms with Gasteiger partial charge >= 0.3 is 6.18 Å². The monoisotopic (exact) mass is 225 g/mol. The van der Waals surface area contributed by atoms with E-state index in [9.17, 15) is 13.2 Å². The molecule has 0 saturated carbocycles. The third-order valence-electron chi connectivity index (χ3n) is 3.19. The highest BCUT2D eigenvalue weighted by atomic mass is 19.4. The minimum Gasteiger partial charge on any atom is -0.382 e. The zero-order valence-corrected chi connectivity index (χ0v) is 9.09. The van der Waals surface area contributed by atoms with Crippen LogP contribution in [0.15, 0.2) is 0 Å². The van der Waals surface area contributed by atoms with Crippen LogP contribution in [0.1, 0.15) is 33.1 Å². The Bertz CT molecular complexity index is 207. The van der Waals surface area contributed by atoms with E-state index in [1.165, 1.54) is 0 Å². The fourth-order valence-corrected chi connectivity index (χ4v) is 2.20. The number of aliphatic hydroxyl groups is 1. The summed E-state index contributed by atoms with van der Waals surface area (Å²) in [5.74, 6) is 0. The molecule has 0 aromatic rings. The third-order valence-corrected chi connectivity index (χ3v) is 3.19. The molecule has 0 radical (unpaired) electrons. The first-order chi connectivity index (χ1) is 6.86. The average molecular weight is 225 g/mol. The lowest BCUT2D eigenvalue weighted by Gasteiger charge is -2.30. The van der Waals surface area contributed by atoms with Crippen molar-refractivity contribution in [1.82, 2.24) is 4.90 Å². The van der Waals surface area contributed by atoms with Crippen molar-refractivity contribution < 1.29 is 18.3 Å². The highest BCUT2D eigenvalue weighted by molar-refractivity contribution is 4.86. The van der Waals surface area contributed by atoms with Crippen LogP contribution in [0.25, 0.3) is 0 Å². The maximum absolute atomic E-state index is 12.2. The number of hydrogen-bond acceptors (Lipinski definition) is 2. The third kappa shape index (κ3) is 3.08. The summed E-state index contributed by atoms with van der Waals surface area (Å²) in [7, 11) is 0. The molecule has 1 fully saturated rings. The van der Waals surface area contributed by atoms with Gasteiger partial charge in [-0.1, -0.05) is 6.92 Å². The Labute approximate surface area is 88.1 Å². The zero-order valence-electron chi connectivity index (χ0n) is 9.09. The fraction of sp³-hybridized carbons (Fsp3) is 1.00. The summed E-state index contributed by atoms with van der Waals surface area (Å²) >= 11 is 0. The van der Waals surface area contributed by atoms with E-state index < -0.39 is 12.3 Å². The quantitative estimate of drug-likeness (QED) is 0.795. The summed E-state index contributed by atoms with van der Waals surface area (Å²) in [5, 5.41) is 9.01. The van der Waals surface area contributed by atoms with Crippen LogP contribution in [0.3, 0.4) is 0 Å². The van der Waals surface area contributed by atoms with Gasteiger partial charge in [-0.25, -0.2) is 0 Å². The molecule has 1 aliphatic heterocycles. The van der Waals surface area contributed by atoms with Crippen LogP contribution in [-0.4, -0.2) is 40.9 Å². The van der Waals surface area contributed by atoms with E-state index in [1.807, 2.05) is 13.8 Å². The number of rotatable bonds is 3. The topological polar surface area (TPSA) is 23.5 Å². The van der Waals surface area contributed by atoms with Crippen molar-refractivity contribution in [2.45, 2.75) is 57.5 Å². The molecule has 1 saturated heterocycles. The van der Waals surface area contributed by atoms with E-state index in [4.69, 9.17) is 5.11 Å². The highest BCUT2D eigenvalue weighted by Crippen LogP contribution is 2.29. The van der Waals surface area contributed by atoms with Crippen LogP contribution >= 0.6 is 0 Å². The standard InChI is InChI=1S/C10H18F3NO/c1-3-8-5-4-7(2)14(8)6-9(15)10(11,12)13/h7-9,15H,3-6H2,1-2H3. The van der Waals surface area contributed by atoms with Crippen LogP contribution in [0, 0.1) is 0 Å². The van der Waals surface area contributed by atoms with Gasteiger partial charge in [0.2, 0.25) is 0 Å². The summed E-state index contributed by atoms with van der Waals surface area (Å²) in [6.45, 7) is 3.59. The van der Waals surface area contributed by atoms with Crippen LogP contribution < -0.4 is 0 Å². The van der Waals surface area contributed by atoms with Gasteiger partial charge in [0.1, 0.15) is 0 Å². The molecular formula is C10H18F3NO. The molecule has 1 heterocycles. The molecule has 5 heteroatoms. The molecule has 3 unspecified atom stereocenters. The number of nitrogens with zero attached hydrogens (tertiary/aromatic N) is 1. The second kappa shape index (κ2) is 4.70. The maximum Gasteiger partial charge on any atom is 0.415 e. The van der Waals surface area contributed by atoms with Crippen LogP contribution in [0.4, 0.5) is 13.2 Å². The van der Waals surface area contributed by atoms with Gasteiger partial charge in [-0.3, -0.25) is 4.90 Å². The summed E-state index contributed by atoms with van der Waals surface area (Å²) in [5.41, 5.74) is 0. The van der Waals surface area contributed by atoms with Crippen molar-refractivity contribution in [3.63, 3.8) is 0 Å². The number of likely N-dealkylation sites (tertiary alicyclic amines) is 1. The first kappa shape index (κ1) is 12.8. The first-order valence-electron chi connectivity index (χ1n) is 5.36. The molecule has 1 rings (SSSR count). The largest absolute Gasteiger partial charge is 0.415 e. The van der Waals surface area contributed by atoms with Crippen LogP contribution in [-0.2, 0) is 0 Å². The molecule has 0 bridgehead atoms. The van der Waals surface area contributed by atoms with Crippen molar-refractivity contribution >= 4 is 0 Å². The van der Waals surface area contributed by atoms with Gasteiger partial charge in [-0.2, -0.15) is 13.2 Å². The van der Waals surface area contributed by atoms with E-state index in [0.29, 0.717) is 0 Å². The van der Waals surface area contributed by atoms with Crippen molar-refractivity contribution in [3.05, 3.63) is 0 Å². The number of β-amino-alcohol motifs (C(OH)–C–C–N with tert-alkyl or cyclic N) is 1. The highest BCUT2D eigenvalue weighted by Gasteiger charge is 2.42. The predicted molar refractivity (Wildman–Crippen MR) is 51.5 cm³/mol. The fourth-order valence-electron chi connectivity index (χ4n) is 2.20. The lowest BCUT2D eigenvalue weighted by Crippen LogP contribution is -2.45. The molecule has 1 aliphatic rings. The van der Waals surface area contributed by atoms with E-state index in [1.54, 1.807) is 4.90 Å². The molecular weight excluding hydrogens is 207 g/mol. The first-order valence-corrected chi connectivity index (χ1v) is 5.36. The average Bonchev–Trinajstić information content (AvgIpc) is 2.46. The molecule has 15 heavy (non-hydrogen) atoms. The molecule has 2 nitrogen and oxygen atoms in total. The van der Waals surface area contributed by atoms with Crippen molar-refractivity contribution in [3.8, 4) is 0 Å². The molecule has 0 aromatic heterocycles. The Hall–Kier alpha value is -0.290. The van der Waals surface area contributed by atoms with E-state index in [2.05, 4.69) is 0 Å². The Morgan fingerprint density at radius 2 is 2.00 bits per heavy atom. The molecule has 0 spiro atoms. The number of alkyl halides is 3. The molecule has 0 aromatic carbocycles. The normalized spacial score (nSPS) is 30.8. The van der Waals surface area contributed by atoms with Gasteiger partial charge in [0.15, 0.2) is 6.10 Å². The zero-order chi connectivity index (χ0) is 11.6. The smallest absolute Gasteiger partial charge is 0.382 e. The van der Waals surface area contributed by atoms with E-state index in [0.717, 1.165) is 19.3 Å². The van der Waals surface area contributed by atoms with Gasteiger partial charge in [0, 0.05) is 18.6 Å². The summed E-state index contributed by atoms with van der Waals surface area (Å²) < 4.78 is 36.6. The Morgan fingerprint density at radius 3 is 2.47 bits per heavy atom. The van der Waals surface area contributed by atoms with Crippen molar-refractivity contribution in [2.75, 3.05) is 6.54 Å². The predicted octanol–water partition coefficient (Wildman–Crippen LogP) is 2.17. The van der Waals surface area contributed by atoms with Gasteiger partial charge in [-0.15, -0.1) is 0 Å². The molecule has 0 amide bonds. The van der Waals surface area contributed by atoms with Crippen molar-refractivity contribution in [1.29, 1.82) is 0 Å². The number of hydrogen-bond donors (Lipinski definition) is 1. The van der Waals surface area contributed by atoms with E-state index in [-0.39, 0.29) is 18.6 Å². The van der Waals surface area contributed by atoms with Crippen LogP contribution in [0.5, 0.6) is 0 Å². The van der Waals surface area contributed by atoms with Gasteiger partial charge < -0.3 is 5.11 Å². The molecule has 1 N–H and O–H groups in total. The SMILES string of the molecule is CCC1CCC(C)N1CC(O)C(F)(F)F. The van der Waals surface area contributed by atoms with Gasteiger partial charge in [0.25, 0.3) is 0 Å². The lowest BCUT2D eigenvalue weighted by molar-refractivity contribution is -0.209. The summed E-state index contributed by atoms with van der Waals surface area (Å²) in [6.07, 6.45) is -4.02. The van der Waals surface area contributed by atoms with Crippen molar-refractivity contribution in [2.24, 2.45) is 0 Å². The minimum absolute atomic E-state index is 0.145. The molecule has 3 atom stereocenters. The summed E-state index contributed by atoms with van der Waals surface area (Å²) in [4.78, 5) is 1.78. The lowest BCUT2D eigenvalue weighted by atomic mass is 10.1. The summed E-state index contributed by atoms with van der Waals surface area (Å²) in [6, 6.07) is 0.337. The number of aliphatic hydroxyl groups excluding tert-OH is 1. The maximum atomic E-state index is 12.2. The number of halogens is 3. The second-order valence-corrected chi connectivity index (χ2v) is 4.24.